The summed E-state index contributed by atoms with van der Waals surface area (Å²) in [7, 11) is -7.56. The molecule has 3 rings (SSSR count). The molecule has 2 aliphatic rings. The molecule has 0 aliphatic carbocycles. The summed E-state index contributed by atoms with van der Waals surface area (Å²) >= 11 is 0. The number of hydrogen-bond donors (Lipinski definition) is 1. The van der Waals surface area contributed by atoms with E-state index in [2.05, 4.69) is 4.72 Å². The standard InChI is InChI=1S/C16H23FN2O6S2/c1-2-11-26(20,21)18-15-4-3-13(12-14(15)17)27(22,23)19-7-5-16(6-8-19)24-9-10-25-16/h3-4,12,18H,2,5-11H2,1H3. The van der Waals surface area contributed by atoms with E-state index in [0.29, 0.717) is 32.5 Å². The van der Waals surface area contributed by atoms with Gasteiger partial charge in [-0.05, 0) is 24.6 Å². The Labute approximate surface area is 158 Å². The van der Waals surface area contributed by atoms with E-state index in [-0.39, 0.29) is 29.4 Å². The molecule has 2 aliphatic heterocycles. The van der Waals surface area contributed by atoms with Gasteiger partial charge in [0.2, 0.25) is 20.0 Å². The van der Waals surface area contributed by atoms with Crippen molar-refractivity contribution in [2.75, 3.05) is 36.8 Å². The minimum absolute atomic E-state index is 0.147. The molecule has 152 valence electrons. The number of anilines is 1. The Morgan fingerprint density at radius 3 is 2.33 bits per heavy atom. The highest BCUT2D eigenvalue weighted by Crippen LogP contribution is 2.33. The number of nitrogens with one attached hydrogen (secondary N) is 1. The van der Waals surface area contributed by atoms with E-state index in [1.807, 2.05) is 0 Å². The Bertz CT molecular complexity index is 887. The van der Waals surface area contributed by atoms with Crippen LogP contribution in [-0.4, -0.2) is 59.0 Å². The third kappa shape index (κ3) is 4.43. The fraction of sp³-hybridized carbons (Fsp3) is 0.625. The lowest BCUT2D eigenvalue weighted by Gasteiger charge is -2.36. The second-order valence-corrected chi connectivity index (χ2v) is 10.4. The zero-order valence-corrected chi connectivity index (χ0v) is 16.6. The number of ether oxygens (including phenoxy) is 2. The van der Waals surface area contributed by atoms with Gasteiger partial charge in [-0.1, -0.05) is 6.92 Å². The predicted molar refractivity (Wildman–Crippen MR) is 96.7 cm³/mol. The van der Waals surface area contributed by atoms with Crippen LogP contribution >= 0.6 is 0 Å². The average molecular weight is 423 g/mol. The molecule has 0 bridgehead atoms. The fourth-order valence-electron chi connectivity index (χ4n) is 3.23. The maximum absolute atomic E-state index is 14.3. The van der Waals surface area contributed by atoms with Gasteiger partial charge in [0, 0.05) is 25.9 Å². The Morgan fingerprint density at radius 1 is 1.15 bits per heavy atom. The van der Waals surface area contributed by atoms with E-state index in [0.717, 1.165) is 12.1 Å². The number of sulfonamides is 2. The molecule has 1 aromatic rings. The fourth-order valence-corrected chi connectivity index (χ4v) is 5.82. The van der Waals surface area contributed by atoms with Crippen LogP contribution in [0.25, 0.3) is 0 Å². The number of nitrogens with zero attached hydrogens (tertiary/aromatic N) is 1. The highest BCUT2D eigenvalue weighted by atomic mass is 32.2. The average Bonchev–Trinajstić information content (AvgIpc) is 3.05. The lowest BCUT2D eigenvalue weighted by Crippen LogP contribution is -2.47. The Morgan fingerprint density at radius 2 is 1.78 bits per heavy atom. The summed E-state index contributed by atoms with van der Waals surface area (Å²) in [5.74, 6) is -1.79. The van der Waals surface area contributed by atoms with Gasteiger partial charge in [0.05, 0.1) is 29.5 Å². The number of benzene rings is 1. The molecule has 1 N–H and O–H groups in total. The molecule has 0 saturated carbocycles. The van der Waals surface area contributed by atoms with Crippen molar-refractivity contribution in [2.24, 2.45) is 0 Å². The van der Waals surface area contributed by atoms with Crippen LogP contribution in [0.3, 0.4) is 0 Å². The lowest BCUT2D eigenvalue weighted by molar-refractivity contribution is -0.179. The van der Waals surface area contributed by atoms with Crippen LogP contribution in [0.15, 0.2) is 23.1 Å². The molecule has 8 nitrogen and oxygen atoms in total. The van der Waals surface area contributed by atoms with Crippen molar-refractivity contribution in [2.45, 2.75) is 36.9 Å². The summed E-state index contributed by atoms with van der Waals surface area (Å²) in [5, 5.41) is 0. The zero-order chi connectivity index (χ0) is 19.7. The van der Waals surface area contributed by atoms with Crippen molar-refractivity contribution < 1.29 is 30.7 Å². The van der Waals surface area contributed by atoms with Crippen molar-refractivity contribution >= 4 is 25.7 Å². The van der Waals surface area contributed by atoms with Gasteiger partial charge >= 0.3 is 0 Å². The van der Waals surface area contributed by atoms with Gasteiger partial charge in [0.15, 0.2) is 5.79 Å². The highest BCUT2D eigenvalue weighted by molar-refractivity contribution is 7.92. The number of piperidine rings is 1. The van der Waals surface area contributed by atoms with Gasteiger partial charge in [-0.2, -0.15) is 4.31 Å². The summed E-state index contributed by atoms with van der Waals surface area (Å²) in [5.41, 5.74) is -0.271. The van der Waals surface area contributed by atoms with Crippen LogP contribution in [0.2, 0.25) is 0 Å². The molecule has 1 spiro atoms. The second kappa shape index (κ2) is 7.63. The largest absolute Gasteiger partial charge is 0.347 e. The summed E-state index contributed by atoms with van der Waals surface area (Å²) in [6.07, 6.45) is 1.19. The molecule has 0 unspecified atom stereocenters. The first-order valence-corrected chi connectivity index (χ1v) is 11.8. The smallest absolute Gasteiger partial charge is 0.243 e. The van der Waals surface area contributed by atoms with E-state index in [1.54, 1.807) is 6.92 Å². The van der Waals surface area contributed by atoms with Crippen molar-refractivity contribution in [3.63, 3.8) is 0 Å². The first-order chi connectivity index (χ1) is 12.7. The molecule has 0 amide bonds. The summed E-state index contributed by atoms with van der Waals surface area (Å²) in [6.45, 7) is 3.08. The molecule has 27 heavy (non-hydrogen) atoms. The number of rotatable bonds is 6. The quantitative estimate of drug-likeness (QED) is 0.746. The third-order valence-corrected chi connectivity index (χ3v) is 7.99. The summed E-state index contributed by atoms with van der Waals surface area (Å²) in [6, 6.07) is 3.17. The monoisotopic (exact) mass is 422 g/mol. The van der Waals surface area contributed by atoms with E-state index in [9.17, 15) is 21.2 Å². The van der Waals surface area contributed by atoms with Crippen LogP contribution in [-0.2, 0) is 29.5 Å². The molecule has 2 saturated heterocycles. The van der Waals surface area contributed by atoms with Gasteiger partial charge < -0.3 is 9.47 Å². The molecule has 0 atom stereocenters. The van der Waals surface area contributed by atoms with Crippen molar-refractivity contribution in [3.8, 4) is 0 Å². The SMILES string of the molecule is CCCS(=O)(=O)Nc1ccc(S(=O)(=O)N2CCC3(CC2)OCCO3)cc1F. The maximum Gasteiger partial charge on any atom is 0.243 e. The number of halogens is 1. The van der Waals surface area contributed by atoms with E-state index in [1.165, 1.54) is 10.4 Å². The first kappa shape index (κ1) is 20.5. The van der Waals surface area contributed by atoms with Gasteiger partial charge in [0.25, 0.3) is 0 Å². The molecule has 2 fully saturated rings. The normalized spacial score (nSPS) is 20.8. The minimum Gasteiger partial charge on any atom is -0.347 e. The van der Waals surface area contributed by atoms with Crippen LogP contribution < -0.4 is 4.72 Å². The Hall–Kier alpha value is -1.27. The third-order valence-electron chi connectivity index (χ3n) is 4.61. The van der Waals surface area contributed by atoms with Gasteiger partial charge in [-0.15, -0.1) is 0 Å². The van der Waals surface area contributed by atoms with Crippen LogP contribution in [0.1, 0.15) is 26.2 Å². The van der Waals surface area contributed by atoms with Gasteiger partial charge in [0.1, 0.15) is 5.82 Å². The van der Waals surface area contributed by atoms with Crippen LogP contribution in [0, 0.1) is 5.82 Å². The highest BCUT2D eigenvalue weighted by Gasteiger charge is 2.42. The van der Waals surface area contributed by atoms with Gasteiger partial charge in [-0.3, -0.25) is 4.72 Å². The minimum atomic E-state index is -3.90. The summed E-state index contributed by atoms with van der Waals surface area (Å²) in [4.78, 5) is -0.220. The summed E-state index contributed by atoms with van der Waals surface area (Å²) < 4.78 is 78.0. The zero-order valence-electron chi connectivity index (χ0n) is 15.0. The Kier molecular flexibility index (Phi) is 5.78. The molecule has 11 heteroatoms. The van der Waals surface area contributed by atoms with E-state index < -0.39 is 31.7 Å². The van der Waals surface area contributed by atoms with Crippen molar-refractivity contribution in [3.05, 3.63) is 24.0 Å². The van der Waals surface area contributed by atoms with Crippen LogP contribution in [0.4, 0.5) is 10.1 Å². The van der Waals surface area contributed by atoms with Crippen molar-refractivity contribution in [1.82, 2.24) is 4.31 Å². The first-order valence-electron chi connectivity index (χ1n) is 8.76. The van der Waals surface area contributed by atoms with Gasteiger partial charge in [-0.25, -0.2) is 21.2 Å². The molecular formula is C16H23FN2O6S2. The van der Waals surface area contributed by atoms with Crippen molar-refractivity contribution in [1.29, 1.82) is 0 Å². The maximum atomic E-state index is 14.3. The number of hydrogen-bond acceptors (Lipinski definition) is 6. The predicted octanol–water partition coefficient (Wildman–Crippen LogP) is 1.50. The van der Waals surface area contributed by atoms with E-state index in [4.69, 9.17) is 9.47 Å². The Balaban J connectivity index is 1.74. The van der Waals surface area contributed by atoms with E-state index >= 15 is 0 Å². The molecule has 2 heterocycles. The molecule has 1 aromatic carbocycles. The van der Waals surface area contributed by atoms with Crippen LogP contribution in [0.5, 0.6) is 0 Å². The molecule has 0 radical (unpaired) electrons. The second-order valence-electron chi connectivity index (χ2n) is 6.57. The topological polar surface area (TPSA) is 102 Å². The molecule has 0 aromatic heterocycles. The lowest BCUT2D eigenvalue weighted by atomic mass is 10.1. The molecular weight excluding hydrogens is 399 g/mol.